The van der Waals surface area contributed by atoms with Crippen LogP contribution in [0.2, 0.25) is 0 Å². The average molecular weight is 270 g/mol. The summed E-state index contributed by atoms with van der Waals surface area (Å²) in [5.74, 6) is -1.03. The summed E-state index contributed by atoms with van der Waals surface area (Å²) < 4.78 is 0. The zero-order chi connectivity index (χ0) is 13.8. The third-order valence-electron chi connectivity index (χ3n) is 2.37. The summed E-state index contributed by atoms with van der Waals surface area (Å²) in [5, 5.41) is 14.3. The number of carboxylic acid groups (broad SMARTS) is 1. The van der Waals surface area contributed by atoms with Crippen molar-refractivity contribution in [3.63, 3.8) is 0 Å². The molecule has 1 aromatic rings. The molecule has 1 heterocycles. The largest absolute Gasteiger partial charge is 0.481 e. The van der Waals surface area contributed by atoms with E-state index in [9.17, 15) is 9.59 Å². The Morgan fingerprint density at radius 3 is 2.61 bits per heavy atom. The van der Waals surface area contributed by atoms with Crippen LogP contribution in [-0.4, -0.2) is 22.0 Å². The predicted molar refractivity (Wildman–Crippen MR) is 69.3 cm³/mol. The van der Waals surface area contributed by atoms with Gasteiger partial charge in [0.25, 0.3) is 0 Å². The number of rotatable bonds is 6. The molecule has 1 rings (SSSR count). The van der Waals surface area contributed by atoms with E-state index in [1.54, 1.807) is 13.8 Å². The molecule has 0 saturated heterocycles. The van der Waals surface area contributed by atoms with Gasteiger partial charge < -0.3 is 10.4 Å². The topological polar surface area (TPSA) is 79.3 Å². The van der Waals surface area contributed by atoms with Crippen molar-refractivity contribution in [2.75, 3.05) is 0 Å². The molecule has 0 bridgehead atoms. The lowest BCUT2D eigenvalue weighted by atomic mass is 9.85. The van der Waals surface area contributed by atoms with Crippen LogP contribution in [0.25, 0.3) is 0 Å². The highest BCUT2D eigenvalue weighted by molar-refractivity contribution is 7.09. The molecule has 0 aliphatic heterocycles. The summed E-state index contributed by atoms with van der Waals surface area (Å²) >= 11 is 1.50. The second kappa shape index (κ2) is 5.95. The highest BCUT2D eigenvalue weighted by atomic mass is 32.1. The monoisotopic (exact) mass is 270 g/mol. The maximum atomic E-state index is 11.7. The molecule has 2 N–H and O–H groups in total. The van der Waals surface area contributed by atoms with Crippen LogP contribution < -0.4 is 5.32 Å². The third-order valence-corrected chi connectivity index (χ3v) is 3.34. The predicted octanol–water partition coefficient (Wildman–Crippen LogP) is 1.96. The minimum absolute atomic E-state index is 0.0171. The number of thiazole rings is 1. The van der Waals surface area contributed by atoms with E-state index in [0.717, 1.165) is 10.7 Å². The van der Waals surface area contributed by atoms with Gasteiger partial charge in [0.15, 0.2) is 0 Å². The number of carbonyl (C=O) groups excluding carboxylic acids is 1. The van der Waals surface area contributed by atoms with Crippen LogP contribution in [0.4, 0.5) is 0 Å². The first-order valence-electron chi connectivity index (χ1n) is 5.68. The number of carboxylic acids is 1. The van der Waals surface area contributed by atoms with Crippen molar-refractivity contribution >= 4 is 23.2 Å². The molecule has 0 radical (unpaired) electrons. The minimum atomic E-state index is -0.886. The summed E-state index contributed by atoms with van der Waals surface area (Å²) in [7, 11) is 0. The van der Waals surface area contributed by atoms with Crippen LogP contribution in [0.3, 0.4) is 0 Å². The molecule has 5 nitrogen and oxygen atoms in total. The van der Waals surface area contributed by atoms with Gasteiger partial charge in [-0.1, -0.05) is 13.8 Å². The standard InChI is InChI=1S/C12H18N2O3S/c1-8-7-18-10(14-8)6-13-9(15)4-12(2,3)5-11(16)17/h7H,4-6H2,1-3H3,(H,13,15)(H,16,17). The van der Waals surface area contributed by atoms with Crippen LogP contribution in [0.5, 0.6) is 0 Å². The van der Waals surface area contributed by atoms with Crippen LogP contribution in [-0.2, 0) is 16.1 Å². The van der Waals surface area contributed by atoms with Gasteiger partial charge in [-0.25, -0.2) is 4.98 Å². The lowest BCUT2D eigenvalue weighted by Gasteiger charge is -2.21. The van der Waals surface area contributed by atoms with E-state index in [4.69, 9.17) is 5.11 Å². The lowest BCUT2D eigenvalue weighted by molar-refractivity contribution is -0.139. The molecule has 6 heteroatoms. The fourth-order valence-corrected chi connectivity index (χ4v) is 2.34. The molecular weight excluding hydrogens is 252 g/mol. The number of aromatic nitrogens is 1. The van der Waals surface area contributed by atoms with Crippen molar-refractivity contribution < 1.29 is 14.7 Å². The van der Waals surface area contributed by atoms with E-state index in [0.29, 0.717) is 6.54 Å². The Bertz CT molecular complexity index is 440. The SMILES string of the molecule is Cc1csc(CNC(=O)CC(C)(C)CC(=O)O)n1. The number of nitrogens with zero attached hydrogens (tertiary/aromatic N) is 1. The van der Waals surface area contributed by atoms with Crippen molar-refractivity contribution in [3.8, 4) is 0 Å². The Labute approximate surface area is 110 Å². The number of nitrogens with one attached hydrogen (secondary N) is 1. The lowest BCUT2D eigenvalue weighted by Crippen LogP contribution is -2.29. The molecule has 0 saturated carbocycles. The number of amides is 1. The van der Waals surface area contributed by atoms with Crippen molar-refractivity contribution in [2.24, 2.45) is 5.41 Å². The van der Waals surface area contributed by atoms with E-state index >= 15 is 0 Å². The zero-order valence-corrected chi connectivity index (χ0v) is 11.6. The molecule has 18 heavy (non-hydrogen) atoms. The number of hydrogen-bond donors (Lipinski definition) is 2. The molecule has 1 amide bonds. The van der Waals surface area contributed by atoms with Gasteiger partial charge in [0.05, 0.1) is 13.0 Å². The zero-order valence-electron chi connectivity index (χ0n) is 10.8. The average Bonchev–Trinajstić information content (AvgIpc) is 2.58. The second-order valence-electron chi connectivity index (χ2n) is 5.07. The Balaban J connectivity index is 2.39. The van der Waals surface area contributed by atoms with Crippen LogP contribution in [0.1, 0.15) is 37.4 Å². The number of aliphatic carboxylic acids is 1. The van der Waals surface area contributed by atoms with E-state index in [-0.39, 0.29) is 18.7 Å². The first kappa shape index (κ1) is 14.6. The maximum Gasteiger partial charge on any atom is 0.303 e. The smallest absolute Gasteiger partial charge is 0.303 e. The van der Waals surface area contributed by atoms with E-state index < -0.39 is 11.4 Å². The number of aryl methyl sites for hydroxylation is 1. The maximum absolute atomic E-state index is 11.7. The van der Waals surface area contributed by atoms with E-state index in [1.165, 1.54) is 11.3 Å². The van der Waals surface area contributed by atoms with E-state index in [2.05, 4.69) is 10.3 Å². The van der Waals surface area contributed by atoms with Gasteiger partial charge in [0.2, 0.25) is 5.91 Å². The van der Waals surface area contributed by atoms with Crippen molar-refractivity contribution in [2.45, 2.75) is 40.2 Å². The molecule has 0 aromatic carbocycles. The molecule has 0 unspecified atom stereocenters. The van der Waals surface area contributed by atoms with Gasteiger partial charge in [-0.05, 0) is 12.3 Å². The minimum Gasteiger partial charge on any atom is -0.481 e. The van der Waals surface area contributed by atoms with Crippen LogP contribution >= 0.6 is 11.3 Å². The summed E-state index contributed by atoms with van der Waals surface area (Å²) in [6.45, 7) is 5.85. The third kappa shape index (κ3) is 5.27. The summed E-state index contributed by atoms with van der Waals surface area (Å²) in [6.07, 6.45) is 0.181. The summed E-state index contributed by atoms with van der Waals surface area (Å²) in [4.78, 5) is 26.6. The van der Waals surface area contributed by atoms with Crippen LogP contribution in [0.15, 0.2) is 5.38 Å². The molecule has 0 aliphatic carbocycles. The fraction of sp³-hybridized carbons (Fsp3) is 0.583. The molecule has 100 valence electrons. The van der Waals surface area contributed by atoms with Gasteiger partial charge in [0.1, 0.15) is 5.01 Å². The molecular formula is C12H18N2O3S. The highest BCUT2D eigenvalue weighted by Gasteiger charge is 2.25. The number of hydrogen-bond acceptors (Lipinski definition) is 4. The van der Waals surface area contributed by atoms with Gasteiger partial charge in [-0.2, -0.15) is 0 Å². The highest BCUT2D eigenvalue weighted by Crippen LogP contribution is 2.24. The first-order chi connectivity index (χ1) is 8.28. The quantitative estimate of drug-likeness (QED) is 0.828. The second-order valence-corrected chi connectivity index (χ2v) is 6.01. The fourth-order valence-electron chi connectivity index (χ4n) is 1.63. The van der Waals surface area contributed by atoms with Crippen molar-refractivity contribution in [1.82, 2.24) is 10.3 Å². The van der Waals surface area contributed by atoms with Gasteiger partial charge in [0, 0.05) is 17.5 Å². The molecule has 0 spiro atoms. The van der Waals surface area contributed by atoms with Crippen LogP contribution in [0, 0.1) is 12.3 Å². The van der Waals surface area contributed by atoms with Gasteiger partial charge in [-0.15, -0.1) is 11.3 Å². The number of carbonyl (C=O) groups is 2. The summed E-state index contributed by atoms with van der Waals surface area (Å²) in [5.41, 5.74) is 0.407. The Hall–Kier alpha value is -1.43. The first-order valence-corrected chi connectivity index (χ1v) is 6.56. The Morgan fingerprint density at radius 1 is 1.44 bits per heavy atom. The van der Waals surface area contributed by atoms with Crippen molar-refractivity contribution in [1.29, 1.82) is 0 Å². The normalized spacial score (nSPS) is 11.3. The molecule has 1 aromatic heterocycles. The van der Waals surface area contributed by atoms with Gasteiger partial charge >= 0.3 is 5.97 Å². The Kier molecular flexibility index (Phi) is 4.84. The van der Waals surface area contributed by atoms with E-state index in [1.807, 2.05) is 12.3 Å². The van der Waals surface area contributed by atoms with Gasteiger partial charge in [-0.3, -0.25) is 9.59 Å². The molecule has 0 aliphatic rings. The molecule has 0 fully saturated rings. The Morgan fingerprint density at radius 2 is 2.11 bits per heavy atom. The molecule has 0 atom stereocenters. The summed E-state index contributed by atoms with van der Waals surface area (Å²) in [6, 6.07) is 0. The van der Waals surface area contributed by atoms with Crippen molar-refractivity contribution in [3.05, 3.63) is 16.1 Å².